The fraction of sp³-hybridized carbons (Fsp3) is 0.538. The second kappa shape index (κ2) is 7.92. The van der Waals surface area contributed by atoms with E-state index in [0.29, 0.717) is 13.2 Å². The summed E-state index contributed by atoms with van der Waals surface area (Å²) in [7, 11) is 0. The monoisotopic (exact) mass is 239 g/mol. The molecule has 0 atom stereocenters. The molecule has 0 aliphatic carbocycles. The van der Waals surface area contributed by atoms with Crippen LogP contribution in [0.3, 0.4) is 0 Å². The SMILES string of the molecule is CCCCOCCNCc1ccc(O)c(O)c1. The lowest BCUT2D eigenvalue weighted by molar-refractivity contribution is 0.133. The normalized spacial score (nSPS) is 10.6. The number of aromatic hydroxyl groups is 2. The third-order valence-electron chi connectivity index (χ3n) is 2.43. The van der Waals surface area contributed by atoms with E-state index >= 15 is 0 Å². The molecule has 0 aliphatic heterocycles. The van der Waals surface area contributed by atoms with Crippen LogP contribution in [0.4, 0.5) is 0 Å². The van der Waals surface area contributed by atoms with Crippen LogP contribution in [-0.4, -0.2) is 30.0 Å². The molecule has 1 aromatic rings. The van der Waals surface area contributed by atoms with Gasteiger partial charge in [0.05, 0.1) is 6.61 Å². The molecular weight excluding hydrogens is 218 g/mol. The zero-order chi connectivity index (χ0) is 12.5. The molecule has 0 fully saturated rings. The Hall–Kier alpha value is -1.26. The number of phenols is 2. The molecule has 0 radical (unpaired) electrons. The molecule has 1 aromatic carbocycles. The van der Waals surface area contributed by atoms with Crippen molar-refractivity contribution in [2.75, 3.05) is 19.8 Å². The lowest BCUT2D eigenvalue weighted by atomic mass is 10.2. The molecule has 4 nitrogen and oxygen atoms in total. The minimum absolute atomic E-state index is 0.0801. The van der Waals surface area contributed by atoms with Gasteiger partial charge in [0.15, 0.2) is 11.5 Å². The topological polar surface area (TPSA) is 61.7 Å². The van der Waals surface area contributed by atoms with Crippen molar-refractivity contribution < 1.29 is 14.9 Å². The zero-order valence-electron chi connectivity index (χ0n) is 10.3. The van der Waals surface area contributed by atoms with Gasteiger partial charge in [-0.2, -0.15) is 0 Å². The van der Waals surface area contributed by atoms with E-state index in [1.807, 2.05) is 0 Å². The van der Waals surface area contributed by atoms with Crippen LogP contribution < -0.4 is 5.32 Å². The fourth-order valence-electron chi connectivity index (χ4n) is 1.40. The van der Waals surface area contributed by atoms with Crippen LogP contribution in [0.2, 0.25) is 0 Å². The molecule has 17 heavy (non-hydrogen) atoms. The summed E-state index contributed by atoms with van der Waals surface area (Å²) >= 11 is 0. The second-order valence-corrected chi connectivity index (χ2v) is 3.97. The second-order valence-electron chi connectivity index (χ2n) is 3.97. The molecule has 0 bridgehead atoms. The summed E-state index contributed by atoms with van der Waals surface area (Å²) in [6, 6.07) is 4.82. The summed E-state index contributed by atoms with van der Waals surface area (Å²) in [6.45, 7) is 5.09. The molecule has 96 valence electrons. The van der Waals surface area contributed by atoms with E-state index in [1.165, 1.54) is 6.07 Å². The highest BCUT2D eigenvalue weighted by Crippen LogP contribution is 2.24. The van der Waals surface area contributed by atoms with E-state index in [-0.39, 0.29) is 11.5 Å². The van der Waals surface area contributed by atoms with Crippen LogP contribution in [-0.2, 0) is 11.3 Å². The van der Waals surface area contributed by atoms with E-state index < -0.39 is 0 Å². The lowest BCUT2D eigenvalue weighted by Gasteiger charge is -2.06. The number of unbranched alkanes of at least 4 members (excludes halogenated alkanes) is 1. The molecule has 0 amide bonds. The van der Waals surface area contributed by atoms with Gasteiger partial charge in [0.1, 0.15) is 0 Å². The van der Waals surface area contributed by atoms with E-state index in [2.05, 4.69) is 12.2 Å². The van der Waals surface area contributed by atoms with Crippen molar-refractivity contribution in [1.29, 1.82) is 0 Å². The number of phenolic OH excluding ortho intramolecular Hbond substituents is 2. The van der Waals surface area contributed by atoms with Crippen molar-refractivity contribution in [2.24, 2.45) is 0 Å². The van der Waals surface area contributed by atoms with Gasteiger partial charge < -0.3 is 20.3 Å². The lowest BCUT2D eigenvalue weighted by Crippen LogP contribution is -2.19. The molecule has 0 saturated heterocycles. The van der Waals surface area contributed by atoms with Crippen molar-refractivity contribution in [3.05, 3.63) is 23.8 Å². The Bertz CT molecular complexity index is 328. The predicted molar refractivity (Wildman–Crippen MR) is 67.2 cm³/mol. The van der Waals surface area contributed by atoms with Gasteiger partial charge in [-0.3, -0.25) is 0 Å². The number of benzene rings is 1. The number of rotatable bonds is 8. The summed E-state index contributed by atoms with van der Waals surface area (Å²) in [5, 5.41) is 21.7. The van der Waals surface area contributed by atoms with Crippen LogP contribution in [0.15, 0.2) is 18.2 Å². The van der Waals surface area contributed by atoms with Gasteiger partial charge >= 0.3 is 0 Å². The smallest absolute Gasteiger partial charge is 0.157 e. The van der Waals surface area contributed by atoms with E-state index in [9.17, 15) is 5.11 Å². The highest BCUT2D eigenvalue weighted by atomic mass is 16.5. The minimum Gasteiger partial charge on any atom is -0.504 e. The molecular formula is C13H21NO3. The van der Waals surface area contributed by atoms with Gasteiger partial charge in [0.25, 0.3) is 0 Å². The van der Waals surface area contributed by atoms with Crippen molar-refractivity contribution in [2.45, 2.75) is 26.3 Å². The zero-order valence-corrected chi connectivity index (χ0v) is 10.3. The Morgan fingerprint density at radius 3 is 2.71 bits per heavy atom. The quantitative estimate of drug-likeness (QED) is 0.479. The highest BCUT2D eigenvalue weighted by molar-refractivity contribution is 5.40. The molecule has 4 heteroatoms. The minimum atomic E-state index is -0.0864. The Morgan fingerprint density at radius 2 is 2.00 bits per heavy atom. The maximum Gasteiger partial charge on any atom is 0.157 e. The summed E-state index contributed by atoms with van der Waals surface area (Å²) in [5.74, 6) is -0.167. The maximum atomic E-state index is 9.30. The average molecular weight is 239 g/mol. The van der Waals surface area contributed by atoms with Crippen molar-refractivity contribution in [3.63, 3.8) is 0 Å². The number of hydrogen-bond acceptors (Lipinski definition) is 4. The molecule has 1 rings (SSSR count). The first kappa shape index (κ1) is 13.8. The largest absolute Gasteiger partial charge is 0.504 e. The summed E-state index contributed by atoms with van der Waals surface area (Å²) in [6.07, 6.45) is 2.26. The predicted octanol–water partition coefficient (Wildman–Crippen LogP) is 2.00. The van der Waals surface area contributed by atoms with Gasteiger partial charge in [0.2, 0.25) is 0 Å². The molecule has 3 N–H and O–H groups in total. The van der Waals surface area contributed by atoms with Gasteiger partial charge in [0, 0.05) is 19.7 Å². The van der Waals surface area contributed by atoms with Crippen LogP contribution >= 0.6 is 0 Å². The van der Waals surface area contributed by atoms with Crippen molar-refractivity contribution in [1.82, 2.24) is 5.32 Å². The average Bonchev–Trinajstić information content (AvgIpc) is 2.32. The Labute approximate surface area is 102 Å². The molecule has 0 heterocycles. The summed E-state index contributed by atoms with van der Waals surface area (Å²) < 4.78 is 5.40. The Morgan fingerprint density at radius 1 is 1.18 bits per heavy atom. The summed E-state index contributed by atoms with van der Waals surface area (Å²) in [4.78, 5) is 0. The van der Waals surface area contributed by atoms with Crippen LogP contribution in [0.5, 0.6) is 11.5 Å². The van der Waals surface area contributed by atoms with E-state index in [0.717, 1.165) is 31.6 Å². The Balaban J connectivity index is 2.11. The van der Waals surface area contributed by atoms with Crippen molar-refractivity contribution in [3.8, 4) is 11.5 Å². The molecule has 0 saturated carbocycles. The fourth-order valence-corrected chi connectivity index (χ4v) is 1.40. The highest BCUT2D eigenvalue weighted by Gasteiger charge is 1.99. The molecule has 0 aromatic heterocycles. The third-order valence-corrected chi connectivity index (χ3v) is 2.43. The maximum absolute atomic E-state index is 9.30. The van der Waals surface area contributed by atoms with Gasteiger partial charge in [-0.25, -0.2) is 0 Å². The van der Waals surface area contributed by atoms with Crippen LogP contribution in [0, 0.1) is 0 Å². The van der Waals surface area contributed by atoms with Crippen molar-refractivity contribution >= 4 is 0 Å². The van der Waals surface area contributed by atoms with E-state index in [4.69, 9.17) is 9.84 Å². The number of hydrogen-bond donors (Lipinski definition) is 3. The first-order valence-corrected chi connectivity index (χ1v) is 6.03. The van der Waals surface area contributed by atoms with Gasteiger partial charge in [-0.1, -0.05) is 19.4 Å². The van der Waals surface area contributed by atoms with E-state index in [1.54, 1.807) is 12.1 Å². The van der Waals surface area contributed by atoms with Crippen LogP contribution in [0.1, 0.15) is 25.3 Å². The standard InChI is InChI=1S/C13H21NO3/c1-2-3-7-17-8-6-14-10-11-4-5-12(15)13(16)9-11/h4-5,9,14-16H,2-3,6-8,10H2,1H3. The Kier molecular flexibility index (Phi) is 6.43. The number of nitrogens with one attached hydrogen (secondary N) is 1. The van der Waals surface area contributed by atoms with Gasteiger partial charge in [-0.05, 0) is 24.1 Å². The van der Waals surface area contributed by atoms with Gasteiger partial charge in [-0.15, -0.1) is 0 Å². The molecule has 0 aliphatic rings. The molecule has 0 unspecified atom stereocenters. The number of ether oxygens (including phenoxy) is 1. The molecule has 0 spiro atoms. The first-order valence-electron chi connectivity index (χ1n) is 6.03. The first-order chi connectivity index (χ1) is 8.24. The third kappa shape index (κ3) is 5.56. The van der Waals surface area contributed by atoms with Crippen LogP contribution in [0.25, 0.3) is 0 Å². The summed E-state index contributed by atoms with van der Waals surface area (Å²) in [5.41, 5.74) is 0.939.